The van der Waals surface area contributed by atoms with Gasteiger partial charge in [0.2, 0.25) is 0 Å². The van der Waals surface area contributed by atoms with Crippen LogP contribution in [0, 0.1) is 0 Å². The quantitative estimate of drug-likeness (QED) is 0.571. The third-order valence-corrected chi connectivity index (χ3v) is 3.16. The summed E-state index contributed by atoms with van der Waals surface area (Å²) in [6.07, 6.45) is -1.17. The third kappa shape index (κ3) is 4.84. The van der Waals surface area contributed by atoms with Crippen molar-refractivity contribution >= 4 is 18.0 Å². The number of hydrogen-bond acceptors (Lipinski definition) is 5. The normalized spacial score (nSPS) is 11.3. The van der Waals surface area contributed by atoms with E-state index in [2.05, 4.69) is 10.1 Å². The molecule has 2 rings (SSSR count). The highest BCUT2D eigenvalue weighted by molar-refractivity contribution is 5.97. The number of phenols is 1. The number of carboxylic acid groups (broad SMARTS) is 1. The van der Waals surface area contributed by atoms with E-state index in [0.717, 1.165) is 0 Å². The van der Waals surface area contributed by atoms with Gasteiger partial charge in [0.1, 0.15) is 11.8 Å². The summed E-state index contributed by atoms with van der Waals surface area (Å²) in [5.41, 5.74) is 0.771. The molecular formula is C17H15NO6. The first-order chi connectivity index (χ1) is 11.5. The number of aromatic hydroxyl groups is 1. The Bertz CT molecular complexity index is 727. The lowest BCUT2D eigenvalue weighted by atomic mass is 10.1. The van der Waals surface area contributed by atoms with Crippen molar-refractivity contribution < 1.29 is 29.3 Å². The summed E-state index contributed by atoms with van der Waals surface area (Å²) in [6, 6.07) is 12.5. The third-order valence-electron chi connectivity index (χ3n) is 3.16. The van der Waals surface area contributed by atoms with Crippen LogP contribution < -0.4 is 5.32 Å². The summed E-state index contributed by atoms with van der Waals surface area (Å²) in [5, 5.41) is 20.5. The second kappa shape index (κ2) is 7.77. The number of carbonyl (C=O) groups excluding carboxylic acids is 2. The Morgan fingerprint density at radius 3 is 2.21 bits per heavy atom. The molecule has 0 saturated carbocycles. The smallest absolute Gasteiger partial charge is 0.415 e. The summed E-state index contributed by atoms with van der Waals surface area (Å²) in [6.45, 7) is 0. The highest BCUT2D eigenvalue weighted by Crippen LogP contribution is 2.11. The van der Waals surface area contributed by atoms with Gasteiger partial charge in [0.25, 0.3) is 0 Å². The minimum Gasteiger partial charge on any atom is -0.508 e. The number of carboxylic acids is 1. The number of nitrogens with one attached hydrogen (secondary N) is 1. The van der Waals surface area contributed by atoms with Gasteiger partial charge in [-0.15, -0.1) is 0 Å². The number of alkyl carbamates (subject to hydrolysis) is 1. The van der Waals surface area contributed by atoms with Gasteiger partial charge in [-0.1, -0.05) is 30.3 Å². The monoisotopic (exact) mass is 329 g/mol. The molecule has 124 valence electrons. The Kier molecular flexibility index (Phi) is 5.51. The van der Waals surface area contributed by atoms with Crippen molar-refractivity contribution in [3.05, 3.63) is 65.7 Å². The van der Waals surface area contributed by atoms with Gasteiger partial charge >= 0.3 is 18.0 Å². The molecule has 24 heavy (non-hydrogen) atoms. The van der Waals surface area contributed by atoms with Gasteiger partial charge in [0.15, 0.2) is 0 Å². The summed E-state index contributed by atoms with van der Waals surface area (Å²) < 4.78 is 4.58. The molecule has 0 unspecified atom stereocenters. The molecule has 0 fully saturated rings. The molecule has 1 amide bonds. The molecule has 0 aromatic heterocycles. The van der Waals surface area contributed by atoms with E-state index in [0.29, 0.717) is 5.56 Å². The van der Waals surface area contributed by atoms with Crippen molar-refractivity contribution in [2.24, 2.45) is 0 Å². The van der Waals surface area contributed by atoms with Crippen LogP contribution in [0.5, 0.6) is 5.75 Å². The summed E-state index contributed by atoms with van der Waals surface area (Å²) in [5.74, 6) is -2.10. The number of benzene rings is 2. The number of rotatable bonds is 5. The van der Waals surface area contributed by atoms with Crippen molar-refractivity contribution in [2.45, 2.75) is 12.5 Å². The predicted octanol–water partition coefficient (Wildman–Crippen LogP) is 1.95. The van der Waals surface area contributed by atoms with E-state index in [9.17, 15) is 24.6 Å². The molecule has 0 radical (unpaired) electrons. The Labute approximate surface area is 137 Å². The average molecular weight is 329 g/mol. The van der Waals surface area contributed by atoms with E-state index < -0.39 is 24.1 Å². The molecule has 0 spiro atoms. The number of phenolic OH excluding ortho intramolecular Hbond substituents is 1. The topological polar surface area (TPSA) is 113 Å². The number of carbonyl (C=O) groups is 3. The van der Waals surface area contributed by atoms with Crippen molar-refractivity contribution in [2.75, 3.05) is 0 Å². The molecule has 0 aliphatic heterocycles. The van der Waals surface area contributed by atoms with Gasteiger partial charge < -0.3 is 20.3 Å². The summed E-state index contributed by atoms with van der Waals surface area (Å²) >= 11 is 0. The first kappa shape index (κ1) is 17.0. The van der Waals surface area contributed by atoms with Crippen LogP contribution in [-0.2, 0) is 16.0 Å². The van der Waals surface area contributed by atoms with Crippen LogP contribution in [0.1, 0.15) is 15.9 Å². The van der Waals surface area contributed by atoms with Crippen molar-refractivity contribution in [1.29, 1.82) is 0 Å². The largest absolute Gasteiger partial charge is 0.508 e. The molecule has 0 aliphatic carbocycles. The Hall–Kier alpha value is -3.35. The van der Waals surface area contributed by atoms with Gasteiger partial charge in [-0.2, -0.15) is 0 Å². The number of amides is 1. The van der Waals surface area contributed by atoms with Crippen LogP contribution in [0.4, 0.5) is 4.79 Å². The second-order valence-electron chi connectivity index (χ2n) is 4.95. The van der Waals surface area contributed by atoms with E-state index in [1.807, 2.05) is 0 Å². The van der Waals surface area contributed by atoms with E-state index in [4.69, 9.17) is 0 Å². The van der Waals surface area contributed by atoms with E-state index in [1.54, 1.807) is 18.2 Å². The zero-order valence-corrected chi connectivity index (χ0v) is 12.5. The van der Waals surface area contributed by atoms with Crippen LogP contribution >= 0.6 is 0 Å². The maximum absolute atomic E-state index is 11.7. The summed E-state index contributed by atoms with van der Waals surface area (Å²) in [4.78, 5) is 34.7. The maximum Gasteiger partial charge on any atom is 0.415 e. The van der Waals surface area contributed by atoms with Crippen molar-refractivity contribution in [3.63, 3.8) is 0 Å². The molecule has 0 bridgehead atoms. The lowest BCUT2D eigenvalue weighted by Crippen LogP contribution is -2.43. The van der Waals surface area contributed by atoms with Gasteiger partial charge in [0.05, 0.1) is 5.56 Å². The van der Waals surface area contributed by atoms with Crippen LogP contribution in [0.25, 0.3) is 0 Å². The van der Waals surface area contributed by atoms with Gasteiger partial charge in [0, 0.05) is 6.42 Å². The molecule has 1 atom stereocenters. The lowest BCUT2D eigenvalue weighted by Gasteiger charge is -2.14. The summed E-state index contributed by atoms with van der Waals surface area (Å²) in [7, 11) is 0. The number of hydrogen-bond donors (Lipinski definition) is 3. The average Bonchev–Trinajstić information content (AvgIpc) is 2.56. The minimum absolute atomic E-state index is 0.0236. The first-order valence-electron chi connectivity index (χ1n) is 7.04. The van der Waals surface area contributed by atoms with E-state index in [1.165, 1.54) is 36.4 Å². The van der Waals surface area contributed by atoms with Gasteiger partial charge in [-0.3, -0.25) is 0 Å². The number of esters is 1. The van der Waals surface area contributed by atoms with Crippen LogP contribution in [0.2, 0.25) is 0 Å². The molecule has 7 heteroatoms. The van der Waals surface area contributed by atoms with Crippen LogP contribution in [0.3, 0.4) is 0 Å². The van der Waals surface area contributed by atoms with Crippen molar-refractivity contribution in [1.82, 2.24) is 5.32 Å². The molecule has 2 aromatic rings. The first-order valence-corrected chi connectivity index (χ1v) is 7.04. The Morgan fingerprint density at radius 1 is 1.00 bits per heavy atom. The SMILES string of the molecule is O=C(N[C@@H](Cc1ccc(O)cc1)C(=O)O)OC(=O)c1ccccc1. The fraction of sp³-hybridized carbons (Fsp3) is 0.118. The lowest BCUT2D eigenvalue weighted by molar-refractivity contribution is -0.139. The molecule has 2 aromatic carbocycles. The minimum atomic E-state index is -1.27. The Morgan fingerprint density at radius 2 is 1.62 bits per heavy atom. The highest BCUT2D eigenvalue weighted by atomic mass is 16.6. The fourth-order valence-electron chi connectivity index (χ4n) is 1.96. The van der Waals surface area contributed by atoms with Gasteiger partial charge in [-0.25, -0.2) is 14.4 Å². The number of aliphatic carboxylic acids is 1. The van der Waals surface area contributed by atoms with E-state index in [-0.39, 0.29) is 17.7 Å². The standard InChI is InChI=1S/C17H15NO6/c19-13-8-6-11(7-9-13)10-14(15(20)21)18-17(23)24-16(22)12-4-2-1-3-5-12/h1-9,14,19H,10H2,(H,18,23)(H,20,21)/t14-/m0/s1. The zero-order chi connectivity index (χ0) is 17.5. The molecule has 0 heterocycles. The van der Waals surface area contributed by atoms with Crippen LogP contribution in [0.15, 0.2) is 54.6 Å². The highest BCUT2D eigenvalue weighted by Gasteiger charge is 2.23. The zero-order valence-electron chi connectivity index (χ0n) is 12.5. The molecule has 0 aliphatic rings. The second-order valence-corrected chi connectivity index (χ2v) is 4.95. The van der Waals surface area contributed by atoms with E-state index >= 15 is 0 Å². The molecule has 3 N–H and O–H groups in total. The molecule has 0 saturated heterocycles. The predicted molar refractivity (Wildman–Crippen MR) is 83.6 cm³/mol. The Balaban J connectivity index is 1.97. The van der Waals surface area contributed by atoms with Crippen molar-refractivity contribution in [3.8, 4) is 5.75 Å². The van der Waals surface area contributed by atoms with Gasteiger partial charge in [-0.05, 0) is 29.8 Å². The molecular weight excluding hydrogens is 314 g/mol. The van der Waals surface area contributed by atoms with Crippen LogP contribution in [-0.4, -0.2) is 34.3 Å². The maximum atomic E-state index is 11.7. The fourth-order valence-corrected chi connectivity index (χ4v) is 1.96. The number of ether oxygens (including phenoxy) is 1. The molecule has 7 nitrogen and oxygen atoms in total.